The number of nitrogens with one attached hydrogen (secondary N) is 1. The number of carbonyl (C=O) groups is 1. The predicted molar refractivity (Wildman–Crippen MR) is 207 cm³/mol. The van der Waals surface area contributed by atoms with Gasteiger partial charge in [0.2, 0.25) is 5.91 Å². The van der Waals surface area contributed by atoms with Gasteiger partial charge in [-0.1, -0.05) is 199 Å². The summed E-state index contributed by atoms with van der Waals surface area (Å²) in [5.74, 6) is -0.0384. The maximum Gasteiger partial charge on any atom is 0.220 e. The highest BCUT2D eigenvalue weighted by atomic mass is 16.3. The Morgan fingerprint density at radius 2 is 0.872 bits per heavy atom. The number of hydrogen-bond donors (Lipinski definition) is 3. The first-order chi connectivity index (χ1) is 23.2. The molecule has 0 aliphatic heterocycles. The van der Waals surface area contributed by atoms with Gasteiger partial charge in [-0.3, -0.25) is 4.79 Å². The molecule has 4 nitrogen and oxygen atoms in total. The number of rotatable bonds is 38. The fourth-order valence-electron chi connectivity index (χ4n) is 6.45. The van der Waals surface area contributed by atoms with E-state index in [2.05, 4.69) is 43.5 Å². The minimum atomic E-state index is -0.652. The van der Waals surface area contributed by atoms with Crippen molar-refractivity contribution in [2.75, 3.05) is 6.61 Å². The molecule has 0 aromatic rings. The van der Waals surface area contributed by atoms with E-state index >= 15 is 0 Å². The Labute approximate surface area is 294 Å². The molecule has 2 unspecified atom stereocenters. The van der Waals surface area contributed by atoms with Crippen LogP contribution in [-0.2, 0) is 4.79 Å². The summed E-state index contributed by atoms with van der Waals surface area (Å²) in [5.41, 5.74) is 0. The Morgan fingerprint density at radius 3 is 1.28 bits per heavy atom. The summed E-state index contributed by atoms with van der Waals surface area (Å²) in [6.45, 7) is 4.25. The molecule has 0 saturated carbocycles. The molecule has 1 amide bonds. The van der Waals surface area contributed by atoms with Crippen LogP contribution in [0.15, 0.2) is 24.3 Å². The van der Waals surface area contributed by atoms with Crippen LogP contribution < -0.4 is 5.32 Å². The number of allylic oxidation sites excluding steroid dienone is 4. The lowest BCUT2D eigenvalue weighted by molar-refractivity contribution is -0.123. The monoisotopic (exact) mass is 662 g/mol. The number of amides is 1. The predicted octanol–water partition coefficient (Wildman–Crippen LogP) is 12.8. The van der Waals surface area contributed by atoms with E-state index in [1.807, 2.05) is 0 Å². The molecule has 0 spiro atoms. The van der Waals surface area contributed by atoms with E-state index in [1.54, 1.807) is 0 Å². The first-order valence-electron chi connectivity index (χ1n) is 21.0. The van der Waals surface area contributed by atoms with Crippen LogP contribution in [-0.4, -0.2) is 34.9 Å². The van der Waals surface area contributed by atoms with Crippen molar-refractivity contribution in [3.05, 3.63) is 24.3 Å². The molecule has 2 atom stereocenters. The second-order valence-electron chi connectivity index (χ2n) is 14.4. The van der Waals surface area contributed by atoms with Crippen LogP contribution in [0.3, 0.4) is 0 Å². The summed E-state index contributed by atoms with van der Waals surface area (Å²) in [5, 5.41) is 22.7. The minimum absolute atomic E-state index is 0.0384. The highest BCUT2D eigenvalue weighted by Crippen LogP contribution is 2.16. The van der Waals surface area contributed by atoms with E-state index < -0.39 is 12.1 Å². The SMILES string of the molecule is CCCCCCC/C=C\C/C=C\CCCCCCCCCCCCCCCCCCCCCC(=O)NC(CO)C(O)CCCCCC. The third-order valence-corrected chi connectivity index (χ3v) is 9.72. The quantitative estimate of drug-likeness (QED) is 0.0455. The van der Waals surface area contributed by atoms with Gasteiger partial charge in [-0.15, -0.1) is 0 Å². The van der Waals surface area contributed by atoms with Crippen molar-refractivity contribution in [2.24, 2.45) is 0 Å². The van der Waals surface area contributed by atoms with Crippen molar-refractivity contribution < 1.29 is 15.0 Å². The lowest BCUT2D eigenvalue weighted by atomic mass is 10.0. The molecule has 0 heterocycles. The summed E-state index contributed by atoms with van der Waals surface area (Å²) in [6.07, 6.45) is 50.3. The molecule has 0 saturated heterocycles. The molecule has 0 aromatic carbocycles. The standard InChI is InChI=1S/C43H83NO3/c1-3-5-7-9-10-11-12-13-14-15-16-17-18-19-20-21-22-23-24-25-26-27-28-29-30-31-32-33-34-35-37-39-43(47)44-41(40-45)42(46)38-36-8-6-4-2/h12-13,15-16,41-42,45-46H,3-11,14,17-40H2,1-2H3,(H,44,47)/b13-12-,16-15-. The Hall–Kier alpha value is -1.13. The van der Waals surface area contributed by atoms with Gasteiger partial charge >= 0.3 is 0 Å². The van der Waals surface area contributed by atoms with Crippen molar-refractivity contribution >= 4 is 5.91 Å². The Morgan fingerprint density at radius 1 is 0.511 bits per heavy atom. The second-order valence-corrected chi connectivity index (χ2v) is 14.4. The Bertz CT molecular complexity index is 676. The van der Waals surface area contributed by atoms with Gasteiger partial charge in [0, 0.05) is 6.42 Å². The fraction of sp³-hybridized carbons (Fsp3) is 0.884. The van der Waals surface area contributed by atoms with E-state index in [4.69, 9.17) is 0 Å². The summed E-state index contributed by atoms with van der Waals surface area (Å²) < 4.78 is 0. The molecular weight excluding hydrogens is 578 g/mol. The van der Waals surface area contributed by atoms with Crippen molar-refractivity contribution in [3.8, 4) is 0 Å². The van der Waals surface area contributed by atoms with E-state index in [-0.39, 0.29) is 12.5 Å². The molecule has 278 valence electrons. The summed E-state index contributed by atoms with van der Waals surface area (Å²) >= 11 is 0. The van der Waals surface area contributed by atoms with Crippen LogP contribution in [0.25, 0.3) is 0 Å². The topological polar surface area (TPSA) is 69.6 Å². The molecule has 0 rings (SSSR count). The molecule has 0 radical (unpaired) electrons. The molecule has 0 bridgehead atoms. The molecule has 0 fully saturated rings. The van der Waals surface area contributed by atoms with Crippen molar-refractivity contribution in [1.29, 1.82) is 0 Å². The number of carbonyl (C=O) groups excluding carboxylic acids is 1. The Kier molecular flexibility index (Phi) is 38.4. The first-order valence-corrected chi connectivity index (χ1v) is 21.0. The normalized spacial score (nSPS) is 13.2. The fourth-order valence-corrected chi connectivity index (χ4v) is 6.45. The zero-order valence-electron chi connectivity index (χ0n) is 31.8. The van der Waals surface area contributed by atoms with Gasteiger partial charge in [0.15, 0.2) is 0 Å². The maximum absolute atomic E-state index is 12.2. The van der Waals surface area contributed by atoms with E-state index in [1.165, 1.54) is 161 Å². The van der Waals surface area contributed by atoms with Crippen LogP contribution in [0, 0.1) is 0 Å². The van der Waals surface area contributed by atoms with Crippen LogP contribution in [0.1, 0.15) is 226 Å². The second kappa shape index (κ2) is 39.3. The molecule has 0 aliphatic rings. The van der Waals surface area contributed by atoms with Crippen LogP contribution in [0.4, 0.5) is 0 Å². The van der Waals surface area contributed by atoms with Gasteiger partial charge in [0.05, 0.1) is 18.8 Å². The van der Waals surface area contributed by atoms with E-state index in [9.17, 15) is 15.0 Å². The maximum atomic E-state index is 12.2. The number of hydrogen-bond acceptors (Lipinski definition) is 3. The lowest BCUT2D eigenvalue weighted by Crippen LogP contribution is -2.45. The molecular formula is C43H83NO3. The van der Waals surface area contributed by atoms with E-state index in [0.29, 0.717) is 12.8 Å². The highest BCUT2D eigenvalue weighted by molar-refractivity contribution is 5.76. The van der Waals surface area contributed by atoms with Crippen LogP contribution >= 0.6 is 0 Å². The molecule has 4 heteroatoms. The first kappa shape index (κ1) is 45.9. The van der Waals surface area contributed by atoms with Gasteiger partial charge in [-0.25, -0.2) is 0 Å². The average Bonchev–Trinajstić information content (AvgIpc) is 3.08. The van der Waals surface area contributed by atoms with Gasteiger partial charge in [-0.2, -0.15) is 0 Å². The lowest BCUT2D eigenvalue weighted by Gasteiger charge is -2.22. The third kappa shape index (κ3) is 36.0. The summed E-state index contributed by atoms with van der Waals surface area (Å²) in [6, 6.07) is -0.528. The summed E-state index contributed by atoms with van der Waals surface area (Å²) in [4.78, 5) is 12.2. The van der Waals surface area contributed by atoms with Crippen molar-refractivity contribution in [3.63, 3.8) is 0 Å². The number of unbranched alkanes of at least 4 members (excludes halogenated alkanes) is 27. The largest absolute Gasteiger partial charge is 0.394 e. The molecule has 47 heavy (non-hydrogen) atoms. The highest BCUT2D eigenvalue weighted by Gasteiger charge is 2.19. The van der Waals surface area contributed by atoms with Gasteiger partial charge in [-0.05, 0) is 44.9 Å². The Balaban J connectivity index is 3.32. The van der Waals surface area contributed by atoms with Gasteiger partial charge < -0.3 is 15.5 Å². The minimum Gasteiger partial charge on any atom is -0.394 e. The summed E-state index contributed by atoms with van der Waals surface area (Å²) in [7, 11) is 0. The van der Waals surface area contributed by atoms with Crippen LogP contribution in [0.2, 0.25) is 0 Å². The number of aliphatic hydroxyl groups excluding tert-OH is 2. The van der Waals surface area contributed by atoms with Gasteiger partial charge in [0.1, 0.15) is 0 Å². The molecule has 3 N–H and O–H groups in total. The van der Waals surface area contributed by atoms with Crippen molar-refractivity contribution in [1.82, 2.24) is 5.32 Å². The number of aliphatic hydroxyl groups is 2. The molecule has 0 aliphatic carbocycles. The van der Waals surface area contributed by atoms with Crippen LogP contribution in [0.5, 0.6) is 0 Å². The zero-order valence-corrected chi connectivity index (χ0v) is 31.8. The van der Waals surface area contributed by atoms with Gasteiger partial charge in [0.25, 0.3) is 0 Å². The smallest absolute Gasteiger partial charge is 0.220 e. The third-order valence-electron chi connectivity index (χ3n) is 9.72. The average molecular weight is 662 g/mol. The van der Waals surface area contributed by atoms with Crippen molar-refractivity contribution in [2.45, 2.75) is 238 Å². The molecule has 0 aromatic heterocycles. The van der Waals surface area contributed by atoms with E-state index in [0.717, 1.165) is 38.5 Å². The zero-order chi connectivity index (χ0) is 34.3.